The first kappa shape index (κ1) is 14.5. The first-order chi connectivity index (χ1) is 8.58. The van der Waals surface area contributed by atoms with Gasteiger partial charge in [0.05, 0.1) is 0 Å². The standard InChI is InChI=1S/C14H23N3O/c1-5-11(3)10-17(4)14(18)13-9-12(15-6-2)7-8-16-13/h7-9,11H,5-6,10H2,1-4H3,(H,15,16). The van der Waals surface area contributed by atoms with Gasteiger partial charge in [0.2, 0.25) is 0 Å². The van der Waals surface area contributed by atoms with E-state index in [2.05, 4.69) is 24.1 Å². The molecule has 0 radical (unpaired) electrons. The van der Waals surface area contributed by atoms with Crippen LogP contribution >= 0.6 is 0 Å². The quantitative estimate of drug-likeness (QED) is 0.843. The Kier molecular flexibility index (Phi) is 5.62. The molecule has 1 aromatic heterocycles. The summed E-state index contributed by atoms with van der Waals surface area (Å²) < 4.78 is 0. The molecule has 1 aromatic rings. The number of carbonyl (C=O) groups excluding carboxylic acids is 1. The number of carbonyl (C=O) groups is 1. The first-order valence-corrected chi connectivity index (χ1v) is 6.53. The Morgan fingerprint density at radius 3 is 2.83 bits per heavy atom. The second-order valence-electron chi connectivity index (χ2n) is 4.66. The predicted molar refractivity (Wildman–Crippen MR) is 74.8 cm³/mol. The zero-order valence-corrected chi connectivity index (χ0v) is 11.7. The smallest absolute Gasteiger partial charge is 0.272 e. The van der Waals surface area contributed by atoms with Crippen LogP contribution in [0.4, 0.5) is 5.69 Å². The Balaban J connectivity index is 2.73. The topological polar surface area (TPSA) is 45.2 Å². The third kappa shape index (κ3) is 4.02. The second kappa shape index (κ2) is 6.99. The van der Waals surface area contributed by atoms with Gasteiger partial charge in [-0.15, -0.1) is 0 Å². The molecular weight excluding hydrogens is 226 g/mol. The van der Waals surface area contributed by atoms with Crippen LogP contribution in [-0.2, 0) is 0 Å². The molecule has 1 rings (SSSR count). The molecule has 0 aliphatic heterocycles. The molecular formula is C14H23N3O. The van der Waals surface area contributed by atoms with Gasteiger partial charge in [-0.3, -0.25) is 9.78 Å². The predicted octanol–water partition coefficient (Wildman–Crippen LogP) is 2.63. The molecule has 0 spiro atoms. The molecule has 1 N–H and O–H groups in total. The van der Waals surface area contributed by atoms with Gasteiger partial charge in [0.25, 0.3) is 5.91 Å². The molecule has 18 heavy (non-hydrogen) atoms. The van der Waals surface area contributed by atoms with E-state index in [9.17, 15) is 4.79 Å². The summed E-state index contributed by atoms with van der Waals surface area (Å²) in [6.07, 6.45) is 2.74. The largest absolute Gasteiger partial charge is 0.385 e. The zero-order valence-electron chi connectivity index (χ0n) is 11.7. The average Bonchev–Trinajstić information content (AvgIpc) is 2.38. The first-order valence-electron chi connectivity index (χ1n) is 6.53. The Morgan fingerprint density at radius 2 is 2.22 bits per heavy atom. The second-order valence-corrected chi connectivity index (χ2v) is 4.66. The molecule has 0 saturated heterocycles. The van der Waals surface area contributed by atoms with Crippen molar-refractivity contribution in [3.63, 3.8) is 0 Å². The third-order valence-corrected chi connectivity index (χ3v) is 2.99. The molecule has 4 heteroatoms. The van der Waals surface area contributed by atoms with Crippen molar-refractivity contribution >= 4 is 11.6 Å². The number of nitrogens with one attached hydrogen (secondary N) is 1. The molecule has 1 unspecified atom stereocenters. The number of hydrogen-bond donors (Lipinski definition) is 1. The van der Waals surface area contributed by atoms with Crippen molar-refractivity contribution in [2.75, 3.05) is 25.5 Å². The summed E-state index contributed by atoms with van der Waals surface area (Å²) in [5.74, 6) is 0.492. The minimum absolute atomic E-state index is 0.0185. The Morgan fingerprint density at radius 1 is 1.50 bits per heavy atom. The Labute approximate surface area is 109 Å². The van der Waals surface area contributed by atoms with Crippen LogP contribution in [0.25, 0.3) is 0 Å². The van der Waals surface area contributed by atoms with Crippen molar-refractivity contribution in [3.8, 4) is 0 Å². The van der Waals surface area contributed by atoms with E-state index < -0.39 is 0 Å². The van der Waals surface area contributed by atoms with E-state index in [1.165, 1.54) is 0 Å². The summed E-state index contributed by atoms with van der Waals surface area (Å²) >= 11 is 0. The fraction of sp³-hybridized carbons (Fsp3) is 0.571. The average molecular weight is 249 g/mol. The maximum absolute atomic E-state index is 12.2. The third-order valence-electron chi connectivity index (χ3n) is 2.99. The normalized spacial score (nSPS) is 12.0. The number of rotatable bonds is 6. The monoisotopic (exact) mass is 249 g/mol. The maximum atomic E-state index is 12.2. The summed E-state index contributed by atoms with van der Waals surface area (Å²) in [4.78, 5) is 18.1. The number of pyridine rings is 1. The molecule has 0 aromatic carbocycles. The zero-order chi connectivity index (χ0) is 13.5. The molecule has 0 fully saturated rings. The highest BCUT2D eigenvalue weighted by molar-refractivity contribution is 5.92. The van der Waals surface area contributed by atoms with Gasteiger partial charge >= 0.3 is 0 Å². The van der Waals surface area contributed by atoms with Gasteiger partial charge in [0.1, 0.15) is 5.69 Å². The van der Waals surface area contributed by atoms with Gasteiger partial charge in [0.15, 0.2) is 0 Å². The van der Waals surface area contributed by atoms with Gasteiger partial charge in [-0.2, -0.15) is 0 Å². The van der Waals surface area contributed by atoms with Crippen LogP contribution in [-0.4, -0.2) is 35.9 Å². The number of hydrogen-bond acceptors (Lipinski definition) is 3. The highest BCUT2D eigenvalue weighted by Crippen LogP contribution is 2.11. The van der Waals surface area contributed by atoms with Crippen LogP contribution in [0.3, 0.4) is 0 Å². The van der Waals surface area contributed by atoms with Crippen molar-refractivity contribution in [2.24, 2.45) is 5.92 Å². The van der Waals surface area contributed by atoms with Crippen LogP contribution in [0, 0.1) is 5.92 Å². The molecule has 0 bridgehead atoms. The van der Waals surface area contributed by atoms with E-state index in [0.29, 0.717) is 11.6 Å². The molecule has 0 aliphatic carbocycles. The van der Waals surface area contributed by atoms with Crippen LogP contribution in [0.15, 0.2) is 18.3 Å². The molecule has 1 heterocycles. The lowest BCUT2D eigenvalue weighted by Gasteiger charge is -2.20. The van der Waals surface area contributed by atoms with Gasteiger partial charge < -0.3 is 10.2 Å². The summed E-state index contributed by atoms with van der Waals surface area (Å²) in [6, 6.07) is 3.67. The van der Waals surface area contributed by atoms with Gasteiger partial charge in [-0.25, -0.2) is 0 Å². The van der Waals surface area contributed by atoms with Gasteiger partial charge in [-0.05, 0) is 25.0 Å². The summed E-state index contributed by atoms with van der Waals surface area (Å²) in [5.41, 5.74) is 1.44. The molecule has 4 nitrogen and oxygen atoms in total. The van der Waals surface area contributed by atoms with Crippen molar-refractivity contribution in [1.82, 2.24) is 9.88 Å². The minimum atomic E-state index is -0.0185. The highest BCUT2D eigenvalue weighted by Gasteiger charge is 2.15. The molecule has 100 valence electrons. The fourth-order valence-corrected chi connectivity index (χ4v) is 1.74. The highest BCUT2D eigenvalue weighted by atomic mass is 16.2. The van der Waals surface area contributed by atoms with E-state index in [0.717, 1.165) is 25.2 Å². The van der Waals surface area contributed by atoms with E-state index in [1.54, 1.807) is 17.2 Å². The molecule has 0 aliphatic rings. The van der Waals surface area contributed by atoms with Crippen molar-refractivity contribution in [2.45, 2.75) is 27.2 Å². The van der Waals surface area contributed by atoms with Crippen LogP contribution < -0.4 is 5.32 Å². The number of anilines is 1. The molecule has 1 amide bonds. The van der Waals surface area contributed by atoms with E-state index >= 15 is 0 Å². The van der Waals surface area contributed by atoms with Gasteiger partial charge in [-0.1, -0.05) is 20.3 Å². The molecule has 1 atom stereocenters. The fourth-order valence-electron chi connectivity index (χ4n) is 1.74. The van der Waals surface area contributed by atoms with E-state index in [1.807, 2.05) is 20.0 Å². The maximum Gasteiger partial charge on any atom is 0.272 e. The minimum Gasteiger partial charge on any atom is -0.385 e. The van der Waals surface area contributed by atoms with Crippen LogP contribution in [0.2, 0.25) is 0 Å². The van der Waals surface area contributed by atoms with Crippen molar-refractivity contribution in [1.29, 1.82) is 0 Å². The van der Waals surface area contributed by atoms with E-state index in [4.69, 9.17) is 0 Å². The lowest BCUT2D eigenvalue weighted by molar-refractivity contribution is 0.0769. The van der Waals surface area contributed by atoms with Crippen LogP contribution in [0.5, 0.6) is 0 Å². The summed E-state index contributed by atoms with van der Waals surface area (Å²) in [7, 11) is 1.83. The Bertz CT molecular complexity index is 392. The summed E-state index contributed by atoms with van der Waals surface area (Å²) in [6.45, 7) is 7.90. The number of amides is 1. The number of aromatic nitrogens is 1. The Hall–Kier alpha value is -1.58. The van der Waals surface area contributed by atoms with Crippen molar-refractivity contribution < 1.29 is 4.79 Å². The van der Waals surface area contributed by atoms with E-state index in [-0.39, 0.29) is 5.91 Å². The number of nitrogens with zero attached hydrogens (tertiary/aromatic N) is 2. The van der Waals surface area contributed by atoms with Crippen molar-refractivity contribution in [3.05, 3.63) is 24.0 Å². The van der Waals surface area contributed by atoms with Gasteiger partial charge in [0, 0.05) is 32.0 Å². The lowest BCUT2D eigenvalue weighted by atomic mass is 10.1. The molecule has 0 saturated carbocycles. The summed E-state index contributed by atoms with van der Waals surface area (Å²) in [5, 5.41) is 3.18. The van der Waals surface area contributed by atoms with Crippen LogP contribution in [0.1, 0.15) is 37.7 Å². The lowest BCUT2D eigenvalue weighted by Crippen LogP contribution is -2.31. The SMILES string of the molecule is CCNc1ccnc(C(=O)N(C)CC(C)CC)c1.